The molecule has 0 radical (unpaired) electrons. The highest BCUT2D eigenvalue weighted by Gasteiger charge is 2.45. The first-order chi connectivity index (χ1) is 6.49. The zero-order valence-electron chi connectivity index (χ0n) is 7.39. The number of aliphatic hydroxyl groups excluding tert-OH is 5. The Morgan fingerprint density at radius 1 is 1.07 bits per heavy atom. The van der Waals surface area contributed by atoms with Crippen molar-refractivity contribution in [3.05, 3.63) is 0 Å². The average Bonchev–Trinajstić information content (AvgIpc) is 2.19. The van der Waals surface area contributed by atoms with Gasteiger partial charge in [0.2, 0.25) is 0 Å². The third kappa shape index (κ3) is 2.04. The number of nitrogens with two attached hydrogens (primary N) is 1. The molecule has 1 fully saturated rings. The summed E-state index contributed by atoms with van der Waals surface area (Å²) in [7, 11) is 0. The topological polar surface area (TPSA) is 136 Å². The highest BCUT2D eigenvalue weighted by molar-refractivity contribution is 4.91. The number of hydrogen-bond donors (Lipinski definition) is 6. The molecule has 0 aromatic rings. The quantitative estimate of drug-likeness (QED) is 0.273. The van der Waals surface area contributed by atoms with Crippen molar-refractivity contribution in [1.29, 1.82) is 0 Å². The van der Waals surface area contributed by atoms with E-state index >= 15 is 0 Å². The second-order valence-corrected chi connectivity index (χ2v) is 3.27. The Morgan fingerprint density at radius 2 is 1.64 bits per heavy atom. The Labute approximate surface area is 80.3 Å². The van der Waals surface area contributed by atoms with Gasteiger partial charge in [-0.25, -0.2) is 0 Å². The Balaban J connectivity index is 2.70. The first-order valence-corrected chi connectivity index (χ1v) is 4.25. The van der Waals surface area contributed by atoms with E-state index in [0.29, 0.717) is 0 Å². The van der Waals surface area contributed by atoms with Crippen molar-refractivity contribution < 1.29 is 30.3 Å². The van der Waals surface area contributed by atoms with Crippen LogP contribution in [-0.4, -0.2) is 68.9 Å². The fourth-order valence-corrected chi connectivity index (χ4v) is 1.34. The number of ether oxygens (including phenoxy) is 1. The zero-order chi connectivity index (χ0) is 10.9. The Morgan fingerprint density at radius 3 is 2.14 bits per heavy atom. The molecule has 2 unspecified atom stereocenters. The van der Waals surface area contributed by atoms with Crippen LogP contribution in [0, 0.1) is 0 Å². The lowest BCUT2D eigenvalue weighted by Gasteiger charge is -2.39. The van der Waals surface area contributed by atoms with Gasteiger partial charge in [-0.1, -0.05) is 0 Å². The molecule has 0 aromatic heterocycles. The molecule has 7 nitrogen and oxygen atoms in total. The fraction of sp³-hybridized carbons (Fsp3) is 1.00. The lowest BCUT2D eigenvalue weighted by atomic mass is 9.95. The second kappa shape index (κ2) is 4.49. The predicted molar refractivity (Wildman–Crippen MR) is 44.0 cm³/mol. The monoisotopic (exact) mass is 209 g/mol. The highest BCUT2D eigenvalue weighted by Crippen LogP contribution is 2.21. The van der Waals surface area contributed by atoms with Gasteiger partial charge in [-0.2, -0.15) is 0 Å². The summed E-state index contributed by atoms with van der Waals surface area (Å²) >= 11 is 0. The molecule has 0 spiro atoms. The summed E-state index contributed by atoms with van der Waals surface area (Å²) in [5.41, 5.74) is 5.12. The van der Waals surface area contributed by atoms with Crippen molar-refractivity contribution in [3.63, 3.8) is 0 Å². The number of aliphatic hydroxyl groups is 5. The summed E-state index contributed by atoms with van der Waals surface area (Å²) in [6.45, 7) is -0.183. The van der Waals surface area contributed by atoms with Crippen LogP contribution in [0.5, 0.6) is 0 Å². The molecule has 0 bridgehead atoms. The van der Waals surface area contributed by atoms with Gasteiger partial charge in [-0.05, 0) is 0 Å². The third-order valence-corrected chi connectivity index (χ3v) is 2.25. The van der Waals surface area contributed by atoms with E-state index in [-0.39, 0.29) is 6.54 Å². The summed E-state index contributed by atoms with van der Waals surface area (Å²) in [4.78, 5) is 0. The van der Waals surface area contributed by atoms with Crippen molar-refractivity contribution in [3.8, 4) is 0 Å². The van der Waals surface area contributed by atoms with E-state index in [4.69, 9.17) is 20.7 Å². The molecule has 1 aliphatic rings. The minimum Gasteiger partial charge on any atom is -0.389 e. The first-order valence-electron chi connectivity index (χ1n) is 4.25. The Hall–Kier alpha value is -0.280. The summed E-state index contributed by atoms with van der Waals surface area (Å²) in [6.07, 6.45) is -8.68. The molecule has 84 valence electrons. The van der Waals surface area contributed by atoms with Crippen LogP contribution in [0.2, 0.25) is 0 Å². The van der Waals surface area contributed by atoms with E-state index in [2.05, 4.69) is 0 Å². The van der Waals surface area contributed by atoms with Crippen LogP contribution in [0.4, 0.5) is 0 Å². The maximum absolute atomic E-state index is 9.37. The smallest absolute Gasteiger partial charge is 0.184 e. The fourth-order valence-electron chi connectivity index (χ4n) is 1.34. The molecule has 7 heteroatoms. The van der Waals surface area contributed by atoms with Crippen LogP contribution in [0.3, 0.4) is 0 Å². The van der Waals surface area contributed by atoms with E-state index in [1.165, 1.54) is 0 Å². The van der Waals surface area contributed by atoms with Crippen molar-refractivity contribution in [2.45, 2.75) is 36.8 Å². The molecule has 1 saturated heterocycles. The first kappa shape index (κ1) is 11.8. The van der Waals surface area contributed by atoms with Crippen molar-refractivity contribution in [2.75, 3.05) is 6.54 Å². The molecular weight excluding hydrogens is 194 g/mol. The largest absolute Gasteiger partial charge is 0.389 e. The zero-order valence-corrected chi connectivity index (χ0v) is 7.39. The molecule has 1 rings (SSSR count). The van der Waals surface area contributed by atoms with E-state index in [1.807, 2.05) is 0 Å². The number of hydrogen-bond acceptors (Lipinski definition) is 7. The molecule has 0 saturated carbocycles. The van der Waals surface area contributed by atoms with E-state index in [0.717, 1.165) is 0 Å². The molecular formula is C7H15NO6. The molecule has 0 aliphatic carbocycles. The lowest BCUT2D eigenvalue weighted by molar-refractivity contribution is -0.295. The minimum absolute atomic E-state index is 0.183. The van der Waals surface area contributed by atoms with Crippen LogP contribution < -0.4 is 5.73 Å². The van der Waals surface area contributed by atoms with Crippen molar-refractivity contribution in [2.24, 2.45) is 5.73 Å². The highest BCUT2D eigenvalue weighted by atomic mass is 16.6. The summed E-state index contributed by atoms with van der Waals surface area (Å²) in [5, 5.41) is 46.0. The molecule has 0 aromatic carbocycles. The van der Waals surface area contributed by atoms with Crippen molar-refractivity contribution >= 4 is 0 Å². The Kier molecular flexibility index (Phi) is 3.78. The van der Waals surface area contributed by atoms with Crippen LogP contribution in [0.1, 0.15) is 0 Å². The summed E-state index contributed by atoms with van der Waals surface area (Å²) in [5.74, 6) is 0. The van der Waals surface area contributed by atoms with Crippen LogP contribution in [0.15, 0.2) is 0 Å². The van der Waals surface area contributed by atoms with Gasteiger partial charge in [-0.3, -0.25) is 0 Å². The maximum Gasteiger partial charge on any atom is 0.184 e. The van der Waals surface area contributed by atoms with Gasteiger partial charge < -0.3 is 36.0 Å². The van der Waals surface area contributed by atoms with Gasteiger partial charge in [0.15, 0.2) is 6.29 Å². The van der Waals surface area contributed by atoms with Gasteiger partial charge in [0, 0.05) is 6.54 Å². The second-order valence-electron chi connectivity index (χ2n) is 3.27. The minimum atomic E-state index is -1.64. The van der Waals surface area contributed by atoms with Crippen LogP contribution >= 0.6 is 0 Å². The average molecular weight is 209 g/mol. The van der Waals surface area contributed by atoms with Gasteiger partial charge in [0.1, 0.15) is 24.4 Å². The van der Waals surface area contributed by atoms with Gasteiger partial charge in [-0.15, -0.1) is 0 Å². The summed E-state index contributed by atoms with van der Waals surface area (Å²) < 4.78 is 4.70. The normalized spacial score (nSPS) is 46.3. The van der Waals surface area contributed by atoms with E-state index in [1.54, 1.807) is 0 Å². The van der Waals surface area contributed by atoms with Crippen LogP contribution in [-0.2, 0) is 4.74 Å². The summed E-state index contributed by atoms with van der Waals surface area (Å²) in [6, 6.07) is 0. The van der Waals surface area contributed by atoms with Gasteiger partial charge in [0.05, 0.1) is 6.10 Å². The SMILES string of the molecule is NC[C@@H](O)C1O[C@@H](O)C(O)[C@@H](O)[C@@H]1O. The molecule has 1 aliphatic heterocycles. The van der Waals surface area contributed by atoms with E-state index in [9.17, 15) is 15.3 Å². The molecule has 1 heterocycles. The standard InChI is InChI=1S/C7H15NO6/c8-1-2(9)6-4(11)3(10)5(12)7(13)14-6/h2-7,9-13H,1,8H2/t2-,3+,4+,5?,6?,7-/m1/s1. The molecule has 14 heavy (non-hydrogen) atoms. The molecule has 7 N–H and O–H groups in total. The lowest BCUT2D eigenvalue weighted by Crippen LogP contribution is -2.61. The maximum atomic E-state index is 9.37. The molecule has 0 amide bonds. The van der Waals surface area contributed by atoms with Crippen LogP contribution in [0.25, 0.3) is 0 Å². The molecule has 6 atom stereocenters. The van der Waals surface area contributed by atoms with Gasteiger partial charge in [0.25, 0.3) is 0 Å². The van der Waals surface area contributed by atoms with E-state index < -0.39 is 36.8 Å². The Bertz CT molecular complexity index is 191. The number of rotatable bonds is 2. The van der Waals surface area contributed by atoms with Crippen molar-refractivity contribution in [1.82, 2.24) is 0 Å². The third-order valence-electron chi connectivity index (χ3n) is 2.25. The predicted octanol–water partition coefficient (Wildman–Crippen LogP) is -3.89. The van der Waals surface area contributed by atoms with Gasteiger partial charge >= 0.3 is 0 Å².